The molecule has 1 N–H and O–H groups in total. The third-order valence-electron chi connectivity index (χ3n) is 3.01. The maximum Gasteiger partial charge on any atom is 0.128 e. The molecule has 4 heteroatoms. The van der Waals surface area contributed by atoms with Gasteiger partial charge >= 0.3 is 0 Å². The summed E-state index contributed by atoms with van der Waals surface area (Å²) in [4.78, 5) is 0. The van der Waals surface area contributed by atoms with E-state index in [9.17, 15) is 0 Å². The number of nitrogens with one attached hydrogen (secondary N) is 1. The van der Waals surface area contributed by atoms with E-state index in [0.717, 1.165) is 36.5 Å². The molecule has 2 aromatic rings. The van der Waals surface area contributed by atoms with Crippen LogP contribution in [0.3, 0.4) is 0 Å². The first-order valence-electron chi connectivity index (χ1n) is 6.63. The third kappa shape index (κ3) is 3.15. The molecule has 0 fully saturated rings. The fraction of sp³-hybridized carbons (Fsp3) is 0.400. The summed E-state index contributed by atoms with van der Waals surface area (Å²) in [5, 5.41) is 7.98. The van der Waals surface area contributed by atoms with Crippen molar-refractivity contribution in [3.63, 3.8) is 0 Å². The van der Waals surface area contributed by atoms with Crippen LogP contribution in [-0.2, 0) is 13.6 Å². The Hall–Kier alpha value is -1.81. The molecule has 1 aromatic carbocycles. The van der Waals surface area contributed by atoms with Crippen LogP contribution >= 0.6 is 0 Å². The van der Waals surface area contributed by atoms with Crippen molar-refractivity contribution in [1.29, 1.82) is 0 Å². The Bertz CT molecular complexity index is 534. The summed E-state index contributed by atoms with van der Waals surface area (Å²) in [6, 6.07) is 7.99. The molecule has 1 heterocycles. The predicted octanol–water partition coefficient (Wildman–Crippen LogP) is 2.60. The average molecular weight is 259 g/mol. The lowest BCUT2D eigenvalue weighted by Crippen LogP contribution is -2.13. The molecule has 4 nitrogen and oxygen atoms in total. The van der Waals surface area contributed by atoms with E-state index in [1.54, 1.807) is 7.11 Å². The highest BCUT2D eigenvalue weighted by Gasteiger charge is 2.13. The zero-order valence-corrected chi connectivity index (χ0v) is 11.8. The first-order valence-corrected chi connectivity index (χ1v) is 6.63. The van der Waals surface area contributed by atoms with Crippen LogP contribution in [0.4, 0.5) is 0 Å². The van der Waals surface area contributed by atoms with Gasteiger partial charge in [0.2, 0.25) is 0 Å². The topological polar surface area (TPSA) is 39.1 Å². The van der Waals surface area contributed by atoms with Crippen LogP contribution in [0.15, 0.2) is 30.5 Å². The minimum Gasteiger partial charge on any atom is -0.496 e. The Kier molecular flexibility index (Phi) is 4.58. The zero-order valence-electron chi connectivity index (χ0n) is 11.8. The maximum atomic E-state index is 5.42. The summed E-state index contributed by atoms with van der Waals surface area (Å²) >= 11 is 0. The van der Waals surface area contributed by atoms with Gasteiger partial charge in [-0.2, -0.15) is 5.10 Å². The summed E-state index contributed by atoms with van der Waals surface area (Å²) in [6.45, 7) is 4.01. The zero-order chi connectivity index (χ0) is 13.7. The number of methoxy groups -OCH3 is 1. The van der Waals surface area contributed by atoms with Crippen molar-refractivity contribution in [2.45, 2.75) is 19.9 Å². The molecule has 0 atom stereocenters. The SMILES string of the molecule is CCCNCc1cn(C)nc1-c1ccccc1OC. The molecule has 0 unspecified atom stereocenters. The number of ether oxygens (including phenoxy) is 1. The van der Waals surface area contributed by atoms with Crippen molar-refractivity contribution in [1.82, 2.24) is 15.1 Å². The molecular formula is C15H21N3O. The van der Waals surface area contributed by atoms with E-state index in [4.69, 9.17) is 4.74 Å². The molecule has 0 bridgehead atoms. The van der Waals surface area contributed by atoms with Crippen molar-refractivity contribution >= 4 is 0 Å². The molecule has 0 saturated heterocycles. The number of hydrogen-bond acceptors (Lipinski definition) is 3. The van der Waals surface area contributed by atoms with Gasteiger partial charge in [0.25, 0.3) is 0 Å². The van der Waals surface area contributed by atoms with Crippen molar-refractivity contribution < 1.29 is 4.74 Å². The van der Waals surface area contributed by atoms with Gasteiger partial charge in [0, 0.05) is 30.9 Å². The van der Waals surface area contributed by atoms with Crippen molar-refractivity contribution in [3.8, 4) is 17.0 Å². The standard InChI is InChI=1S/C15H21N3O/c1-4-9-16-10-12-11-18(2)17-15(12)13-7-5-6-8-14(13)19-3/h5-8,11,16H,4,9-10H2,1-3H3. The quantitative estimate of drug-likeness (QED) is 0.810. The molecule has 0 aliphatic heterocycles. The van der Waals surface area contributed by atoms with Gasteiger partial charge in [-0.1, -0.05) is 19.1 Å². The first kappa shape index (κ1) is 13.6. The molecule has 0 spiro atoms. The maximum absolute atomic E-state index is 5.42. The normalized spacial score (nSPS) is 10.7. The van der Waals surface area contributed by atoms with E-state index in [1.165, 1.54) is 5.56 Å². The van der Waals surface area contributed by atoms with Gasteiger partial charge in [0.1, 0.15) is 11.4 Å². The number of aromatic nitrogens is 2. The predicted molar refractivity (Wildman–Crippen MR) is 77.2 cm³/mol. The Morgan fingerprint density at radius 3 is 2.84 bits per heavy atom. The third-order valence-corrected chi connectivity index (χ3v) is 3.01. The van der Waals surface area contributed by atoms with Gasteiger partial charge in [-0.25, -0.2) is 0 Å². The number of para-hydroxylation sites is 1. The largest absolute Gasteiger partial charge is 0.496 e. The monoisotopic (exact) mass is 259 g/mol. The Morgan fingerprint density at radius 1 is 1.32 bits per heavy atom. The first-order chi connectivity index (χ1) is 9.26. The average Bonchev–Trinajstić information content (AvgIpc) is 2.80. The number of rotatable bonds is 6. The van der Waals surface area contributed by atoms with Gasteiger partial charge < -0.3 is 10.1 Å². The number of hydrogen-bond donors (Lipinski definition) is 1. The van der Waals surface area contributed by atoms with E-state index in [-0.39, 0.29) is 0 Å². The molecule has 0 aliphatic carbocycles. The molecule has 19 heavy (non-hydrogen) atoms. The van der Waals surface area contributed by atoms with Crippen LogP contribution in [0.25, 0.3) is 11.3 Å². The van der Waals surface area contributed by atoms with Crippen LogP contribution < -0.4 is 10.1 Å². The minimum absolute atomic E-state index is 0.828. The van der Waals surface area contributed by atoms with Crippen LogP contribution in [-0.4, -0.2) is 23.4 Å². The summed E-state index contributed by atoms with van der Waals surface area (Å²) in [5.74, 6) is 0.859. The van der Waals surface area contributed by atoms with E-state index in [1.807, 2.05) is 36.0 Å². The second-order valence-electron chi connectivity index (χ2n) is 4.55. The Labute approximate surface area is 114 Å². The van der Waals surface area contributed by atoms with Gasteiger partial charge in [0.15, 0.2) is 0 Å². The van der Waals surface area contributed by atoms with Crippen molar-refractivity contribution in [3.05, 3.63) is 36.0 Å². The lowest BCUT2D eigenvalue weighted by molar-refractivity contribution is 0.416. The van der Waals surface area contributed by atoms with Gasteiger partial charge in [0.05, 0.1) is 7.11 Å². The Morgan fingerprint density at radius 2 is 2.11 bits per heavy atom. The van der Waals surface area contributed by atoms with Gasteiger partial charge in [-0.3, -0.25) is 4.68 Å². The number of nitrogens with zero attached hydrogens (tertiary/aromatic N) is 2. The number of aryl methyl sites for hydroxylation is 1. The molecule has 0 radical (unpaired) electrons. The second kappa shape index (κ2) is 6.38. The van der Waals surface area contributed by atoms with Gasteiger partial charge in [-0.05, 0) is 25.1 Å². The molecule has 2 rings (SSSR count). The van der Waals surface area contributed by atoms with Crippen molar-refractivity contribution in [2.24, 2.45) is 7.05 Å². The van der Waals surface area contributed by atoms with Crippen molar-refractivity contribution in [2.75, 3.05) is 13.7 Å². The highest BCUT2D eigenvalue weighted by atomic mass is 16.5. The van der Waals surface area contributed by atoms with Crippen LogP contribution in [0.1, 0.15) is 18.9 Å². The summed E-state index contributed by atoms with van der Waals surface area (Å²) < 4.78 is 7.27. The summed E-state index contributed by atoms with van der Waals surface area (Å²) in [6.07, 6.45) is 3.19. The molecule has 1 aromatic heterocycles. The molecular weight excluding hydrogens is 238 g/mol. The molecule has 102 valence electrons. The molecule has 0 amide bonds. The highest BCUT2D eigenvalue weighted by molar-refractivity contribution is 5.69. The molecule has 0 saturated carbocycles. The summed E-state index contributed by atoms with van der Waals surface area (Å²) in [5.41, 5.74) is 3.22. The van der Waals surface area contributed by atoms with E-state index in [0.29, 0.717) is 0 Å². The molecule has 0 aliphatic rings. The fourth-order valence-electron chi connectivity index (χ4n) is 2.13. The summed E-state index contributed by atoms with van der Waals surface area (Å²) in [7, 11) is 3.64. The smallest absolute Gasteiger partial charge is 0.128 e. The number of benzene rings is 1. The van der Waals surface area contributed by atoms with E-state index >= 15 is 0 Å². The second-order valence-corrected chi connectivity index (χ2v) is 4.55. The lowest BCUT2D eigenvalue weighted by atomic mass is 10.1. The van der Waals surface area contributed by atoms with Crippen LogP contribution in [0.5, 0.6) is 5.75 Å². The van der Waals surface area contributed by atoms with E-state index in [2.05, 4.69) is 23.5 Å². The van der Waals surface area contributed by atoms with Gasteiger partial charge in [-0.15, -0.1) is 0 Å². The Balaban J connectivity index is 2.33. The fourth-order valence-corrected chi connectivity index (χ4v) is 2.13. The van der Waals surface area contributed by atoms with E-state index < -0.39 is 0 Å². The highest BCUT2D eigenvalue weighted by Crippen LogP contribution is 2.30. The van der Waals surface area contributed by atoms with Crippen LogP contribution in [0.2, 0.25) is 0 Å². The minimum atomic E-state index is 0.828. The lowest BCUT2D eigenvalue weighted by Gasteiger charge is -2.08. The van der Waals surface area contributed by atoms with Crippen LogP contribution in [0, 0.1) is 0 Å².